The molecule has 2 amide bonds. The number of nitrogens with zero attached hydrogens (tertiary/aromatic N) is 2. The maximum Gasteiger partial charge on any atom is 0.320 e. The van der Waals surface area contributed by atoms with Gasteiger partial charge < -0.3 is 30.3 Å². The van der Waals surface area contributed by atoms with Gasteiger partial charge in [0, 0.05) is 60.6 Å². The second-order valence-corrected chi connectivity index (χ2v) is 16.4. The van der Waals surface area contributed by atoms with Crippen LogP contribution in [0.1, 0.15) is 77.6 Å². The number of benzene rings is 2. The number of aliphatic carboxylic acids is 2. The fourth-order valence-electron chi connectivity index (χ4n) is 7.27. The van der Waals surface area contributed by atoms with Crippen molar-refractivity contribution in [3.8, 4) is 11.1 Å². The summed E-state index contributed by atoms with van der Waals surface area (Å²) in [7, 11) is 0. The van der Waals surface area contributed by atoms with Crippen LogP contribution in [0.3, 0.4) is 0 Å². The standard InChI is InChI=1S/C40H48N6O8S2/c1-21-27(7-5-9-29(21)45-35(47)37-43-23(3)31(55-37)19-41-33(39(49)50)25-11-15-53-16-12-25)28-8-6-10-30(22(28)2)46-36(48)38-44-24(4)32(56-38)20-42-34(40(51)52)26-13-17-54-18-14-26/h5-10,25-26,33-34,41-42H,11-20H2,1-4H3,(H,45,47)(H,46,48)(H,49,50)(H,51,52)/t33-,34-/m0/s1. The molecule has 2 atom stereocenters. The average Bonchev–Trinajstić information content (AvgIpc) is 3.75. The molecular formula is C40H48N6O8S2. The van der Waals surface area contributed by atoms with Crippen molar-refractivity contribution in [1.82, 2.24) is 20.6 Å². The van der Waals surface area contributed by atoms with Gasteiger partial charge >= 0.3 is 11.9 Å². The zero-order valence-electron chi connectivity index (χ0n) is 31.9. The van der Waals surface area contributed by atoms with Crippen molar-refractivity contribution < 1.29 is 38.9 Å². The zero-order chi connectivity index (χ0) is 39.9. The van der Waals surface area contributed by atoms with E-state index >= 15 is 0 Å². The number of carboxylic acids is 2. The number of nitrogens with one attached hydrogen (secondary N) is 4. The summed E-state index contributed by atoms with van der Waals surface area (Å²) in [5.41, 5.74) is 5.97. The number of hydrogen-bond acceptors (Lipinski definition) is 12. The minimum Gasteiger partial charge on any atom is -0.480 e. The highest BCUT2D eigenvalue weighted by Crippen LogP contribution is 2.35. The van der Waals surface area contributed by atoms with Gasteiger partial charge in [-0.25, -0.2) is 9.97 Å². The van der Waals surface area contributed by atoms with E-state index in [-0.39, 0.29) is 46.8 Å². The van der Waals surface area contributed by atoms with E-state index < -0.39 is 24.0 Å². The van der Waals surface area contributed by atoms with E-state index in [4.69, 9.17) is 9.47 Å². The lowest BCUT2D eigenvalue weighted by molar-refractivity contribution is -0.143. The second kappa shape index (κ2) is 18.6. The number of rotatable bonds is 15. The highest BCUT2D eigenvalue weighted by molar-refractivity contribution is 7.14. The number of aromatic nitrogens is 2. The summed E-state index contributed by atoms with van der Waals surface area (Å²) in [5.74, 6) is -2.58. The number of carbonyl (C=O) groups is 4. The summed E-state index contributed by atoms with van der Waals surface area (Å²) >= 11 is 2.47. The Labute approximate surface area is 333 Å². The van der Waals surface area contributed by atoms with Gasteiger partial charge in [-0.15, -0.1) is 22.7 Å². The van der Waals surface area contributed by atoms with Crippen LogP contribution in [0.4, 0.5) is 11.4 Å². The number of aryl methyl sites for hydroxylation is 2. The van der Waals surface area contributed by atoms with Gasteiger partial charge in [0.05, 0.1) is 11.4 Å². The monoisotopic (exact) mass is 804 g/mol. The molecule has 2 aromatic carbocycles. The van der Waals surface area contributed by atoms with Gasteiger partial charge in [0.25, 0.3) is 11.8 Å². The minimum absolute atomic E-state index is 0.0274. The average molecular weight is 805 g/mol. The molecule has 298 valence electrons. The number of thiazole rings is 2. The van der Waals surface area contributed by atoms with E-state index in [0.29, 0.717) is 74.9 Å². The van der Waals surface area contributed by atoms with E-state index in [1.165, 1.54) is 22.7 Å². The Hall–Kier alpha value is -4.58. The Morgan fingerprint density at radius 1 is 0.661 bits per heavy atom. The maximum atomic E-state index is 13.5. The molecule has 2 aliphatic rings. The van der Waals surface area contributed by atoms with Crippen molar-refractivity contribution in [2.45, 2.75) is 78.6 Å². The third-order valence-corrected chi connectivity index (χ3v) is 12.9. The first-order valence-corrected chi connectivity index (χ1v) is 20.4. The quantitative estimate of drug-likeness (QED) is 0.0827. The third-order valence-electron chi connectivity index (χ3n) is 10.6. The molecule has 0 spiro atoms. The minimum atomic E-state index is -0.900. The molecule has 6 N–H and O–H groups in total. The van der Waals surface area contributed by atoms with E-state index in [1.807, 2.05) is 64.1 Å². The van der Waals surface area contributed by atoms with Crippen molar-refractivity contribution >= 4 is 57.8 Å². The molecule has 0 bridgehead atoms. The highest BCUT2D eigenvalue weighted by atomic mass is 32.1. The van der Waals surface area contributed by atoms with Gasteiger partial charge in [0.15, 0.2) is 10.0 Å². The van der Waals surface area contributed by atoms with Gasteiger partial charge in [0.1, 0.15) is 12.1 Å². The smallest absolute Gasteiger partial charge is 0.320 e. The number of hydrogen-bond donors (Lipinski definition) is 6. The van der Waals surface area contributed by atoms with Crippen molar-refractivity contribution in [2.75, 3.05) is 37.1 Å². The van der Waals surface area contributed by atoms with E-state index in [9.17, 15) is 29.4 Å². The Morgan fingerprint density at radius 2 is 1.04 bits per heavy atom. The summed E-state index contributed by atoms with van der Waals surface area (Å²) < 4.78 is 10.8. The SMILES string of the molecule is Cc1nc(C(=O)Nc2cccc(-c3cccc(NC(=O)c4nc(C)c(CN[C@H](C(=O)O)C5CCOCC5)s4)c3C)c2C)sc1CN[C@H](C(=O)O)C1CCOCC1. The first kappa shape index (κ1) is 41.1. The molecule has 6 rings (SSSR count). The van der Waals surface area contributed by atoms with E-state index in [0.717, 1.165) is 32.0 Å². The van der Waals surface area contributed by atoms with Gasteiger partial charge in [0.2, 0.25) is 0 Å². The molecular weight excluding hydrogens is 757 g/mol. The lowest BCUT2D eigenvalue weighted by Gasteiger charge is -2.28. The highest BCUT2D eigenvalue weighted by Gasteiger charge is 2.31. The number of carboxylic acid groups (broad SMARTS) is 2. The molecule has 16 heteroatoms. The molecule has 14 nitrogen and oxygen atoms in total. The van der Waals surface area contributed by atoms with Crippen molar-refractivity contribution in [2.24, 2.45) is 11.8 Å². The van der Waals surface area contributed by atoms with Crippen molar-refractivity contribution in [3.63, 3.8) is 0 Å². The van der Waals surface area contributed by atoms with Crippen LogP contribution in [-0.2, 0) is 32.2 Å². The predicted octanol–water partition coefficient (Wildman–Crippen LogP) is 5.94. The molecule has 2 saturated heterocycles. The Kier molecular flexibility index (Phi) is 13.6. The summed E-state index contributed by atoms with van der Waals surface area (Å²) in [6, 6.07) is 9.87. The molecule has 0 unspecified atom stereocenters. The van der Waals surface area contributed by atoms with Crippen LogP contribution in [0, 0.1) is 39.5 Å². The second-order valence-electron chi connectivity index (χ2n) is 14.2. The number of ether oxygens (including phenoxy) is 2. The summed E-state index contributed by atoms with van der Waals surface area (Å²) in [5, 5.41) is 32.6. The van der Waals surface area contributed by atoms with Crippen LogP contribution in [-0.4, -0.2) is 82.4 Å². The molecule has 4 heterocycles. The largest absolute Gasteiger partial charge is 0.480 e. The van der Waals surface area contributed by atoms with E-state index in [2.05, 4.69) is 31.2 Å². The fourth-order valence-corrected chi connectivity index (χ4v) is 9.09. The molecule has 4 aromatic rings. The lowest BCUT2D eigenvalue weighted by Crippen LogP contribution is -2.44. The molecule has 2 aliphatic heterocycles. The first-order valence-electron chi connectivity index (χ1n) is 18.7. The summed E-state index contributed by atoms with van der Waals surface area (Å²) in [6.07, 6.45) is 2.71. The van der Waals surface area contributed by atoms with Crippen LogP contribution in [0.5, 0.6) is 0 Å². The maximum absolute atomic E-state index is 13.5. The van der Waals surface area contributed by atoms with Gasteiger partial charge in [-0.2, -0.15) is 0 Å². The lowest BCUT2D eigenvalue weighted by atomic mass is 9.92. The molecule has 56 heavy (non-hydrogen) atoms. The van der Waals surface area contributed by atoms with Gasteiger partial charge in [-0.05, 0) is 99.6 Å². The topological polar surface area (TPSA) is 201 Å². The summed E-state index contributed by atoms with van der Waals surface area (Å²) in [6.45, 7) is 10.2. The Bertz CT molecular complexity index is 1920. The Balaban J connectivity index is 1.11. The third kappa shape index (κ3) is 9.68. The molecule has 0 radical (unpaired) electrons. The van der Waals surface area contributed by atoms with E-state index in [1.54, 1.807) is 0 Å². The van der Waals surface area contributed by atoms with Gasteiger partial charge in [-0.1, -0.05) is 24.3 Å². The number of carbonyl (C=O) groups excluding carboxylic acids is 2. The molecule has 2 fully saturated rings. The Morgan fingerprint density at radius 3 is 1.39 bits per heavy atom. The van der Waals surface area contributed by atoms with Crippen LogP contribution < -0.4 is 21.3 Å². The molecule has 2 aromatic heterocycles. The van der Waals surface area contributed by atoms with Crippen molar-refractivity contribution in [3.05, 3.63) is 78.7 Å². The van der Waals surface area contributed by atoms with Crippen LogP contribution in [0.2, 0.25) is 0 Å². The normalized spacial score (nSPS) is 16.3. The van der Waals surface area contributed by atoms with Crippen LogP contribution >= 0.6 is 22.7 Å². The van der Waals surface area contributed by atoms with Crippen molar-refractivity contribution in [1.29, 1.82) is 0 Å². The zero-order valence-corrected chi connectivity index (χ0v) is 33.5. The predicted molar refractivity (Wildman–Crippen MR) is 215 cm³/mol. The summed E-state index contributed by atoms with van der Waals surface area (Å²) in [4.78, 5) is 61.6. The van der Waals surface area contributed by atoms with Crippen LogP contribution in [0.25, 0.3) is 11.1 Å². The van der Waals surface area contributed by atoms with Crippen LogP contribution in [0.15, 0.2) is 36.4 Å². The molecule has 0 saturated carbocycles. The number of anilines is 2. The number of amides is 2. The molecule has 0 aliphatic carbocycles. The van der Waals surface area contributed by atoms with Gasteiger partial charge in [-0.3, -0.25) is 29.8 Å². The first-order chi connectivity index (χ1) is 26.9. The fraction of sp³-hybridized carbons (Fsp3) is 0.450.